The Morgan fingerprint density at radius 2 is 2.00 bits per heavy atom. The molecule has 1 amide bonds. The molecule has 0 bridgehead atoms. The molecule has 4 rings (SSSR count). The van der Waals surface area contributed by atoms with E-state index in [0.29, 0.717) is 23.5 Å². The van der Waals surface area contributed by atoms with E-state index in [2.05, 4.69) is 20.4 Å². The summed E-state index contributed by atoms with van der Waals surface area (Å²) in [6, 6.07) is 6.42. The van der Waals surface area contributed by atoms with Gasteiger partial charge in [-0.2, -0.15) is 4.98 Å². The first-order chi connectivity index (χ1) is 14.7. The lowest BCUT2D eigenvalue weighted by Crippen LogP contribution is -2.31. The van der Waals surface area contributed by atoms with Crippen LogP contribution in [-0.2, 0) is 24.2 Å². The number of carbonyl (C=O) groups excluding carboxylic acids is 1. The van der Waals surface area contributed by atoms with Crippen molar-refractivity contribution >= 4 is 22.8 Å². The minimum absolute atomic E-state index is 0.159. The fraction of sp³-hybridized carbons (Fsp3) is 0.455. The van der Waals surface area contributed by atoms with Gasteiger partial charge in [-0.3, -0.25) is 4.79 Å². The summed E-state index contributed by atoms with van der Waals surface area (Å²) < 4.78 is 19.2. The highest BCUT2D eigenvalue weighted by Crippen LogP contribution is 2.29. The Morgan fingerprint density at radius 1 is 1.20 bits per heavy atom. The third-order valence-corrected chi connectivity index (χ3v) is 5.43. The quantitative estimate of drug-likeness (QED) is 0.640. The summed E-state index contributed by atoms with van der Waals surface area (Å²) in [5, 5.41) is 7.80. The lowest BCUT2D eigenvalue weighted by atomic mass is 10.1. The number of benzene rings is 1. The predicted molar refractivity (Wildman–Crippen MR) is 112 cm³/mol. The van der Waals surface area contributed by atoms with Crippen LogP contribution in [0.25, 0.3) is 11.1 Å². The van der Waals surface area contributed by atoms with Crippen LogP contribution < -0.4 is 10.2 Å². The van der Waals surface area contributed by atoms with E-state index in [1.807, 2.05) is 6.92 Å². The Labute approximate surface area is 174 Å². The van der Waals surface area contributed by atoms with Crippen LogP contribution >= 0.6 is 0 Å². The summed E-state index contributed by atoms with van der Waals surface area (Å²) in [6.07, 6.45) is 4.83. The number of fused-ring (bicyclic) bond motifs is 1. The number of aryl methyl sites for hydroxylation is 2. The second-order valence-corrected chi connectivity index (χ2v) is 7.54. The first-order valence-corrected chi connectivity index (χ1v) is 10.6. The van der Waals surface area contributed by atoms with E-state index >= 15 is 0 Å². The van der Waals surface area contributed by atoms with Crippen LogP contribution in [-0.4, -0.2) is 34.1 Å². The zero-order chi connectivity index (χ0) is 20.9. The molecule has 0 spiro atoms. The van der Waals surface area contributed by atoms with Crippen LogP contribution in [0.15, 0.2) is 28.8 Å². The summed E-state index contributed by atoms with van der Waals surface area (Å²) in [5.41, 5.74) is 1.80. The molecule has 30 heavy (non-hydrogen) atoms. The topological polar surface area (TPSA) is 84.1 Å². The Morgan fingerprint density at radius 3 is 2.77 bits per heavy atom. The molecule has 1 aromatic carbocycles. The van der Waals surface area contributed by atoms with Crippen molar-refractivity contribution in [2.75, 3.05) is 18.0 Å². The first kappa shape index (κ1) is 20.3. The standard InChI is InChI=1S/C22H26FN5O2/c1-2-17-20-21(28-12-6-3-7-13-28)25-18(26-22(20)30-27-17)10-11-19(29)24-14-15-8-4-5-9-16(15)23/h4-5,8-9H,2-3,6-7,10-14H2,1H3,(H,24,29). The van der Waals surface area contributed by atoms with E-state index in [1.54, 1.807) is 18.2 Å². The van der Waals surface area contributed by atoms with Crippen molar-refractivity contribution in [1.29, 1.82) is 0 Å². The number of hydrogen-bond donors (Lipinski definition) is 1. The van der Waals surface area contributed by atoms with Gasteiger partial charge in [-0.1, -0.05) is 30.3 Å². The fourth-order valence-electron chi connectivity index (χ4n) is 3.77. The zero-order valence-electron chi connectivity index (χ0n) is 17.2. The van der Waals surface area contributed by atoms with Crippen molar-refractivity contribution in [2.24, 2.45) is 0 Å². The molecule has 158 valence electrons. The van der Waals surface area contributed by atoms with Crippen molar-refractivity contribution in [3.8, 4) is 0 Å². The zero-order valence-corrected chi connectivity index (χ0v) is 17.2. The monoisotopic (exact) mass is 411 g/mol. The summed E-state index contributed by atoms with van der Waals surface area (Å²) in [4.78, 5) is 23.8. The van der Waals surface area contributed by atoms with Gasteiger partial charge in [0.25, 0.3) is 5.71 Å². The Bertz CT molecular complexity index is 1030. The molecule has 1 saturated heterocycles. The number of nitrogens with one attached hydrogen (secondary N) is 1. The highest BCUT2D eigenvalue weighted by Gasteiger charge is 2.22. The molecule has 1 fully saturated rings. The molecule has 3 aromatic rings. The third-order valence-electron chi connectivity index (χ3n) is 5.43. The Hall–Kier alpha value is -3.03. The number of anilines is 1. The summed E-state index contributed by atoms with van der Waals surface area (Å²) in [7, 11) is 0. The lowest BCUT2D eigenvalue weighted by Gasteiger charge is -2.28. The van der Waals surface area contributed by atoms with Gasteiger partial charge in [-0.25, -0.2) is 9.37 Å². The Kier molecular flexibility index (Phi) is 6.21. The summed E-state index contributed by atoms with van der Waals surface area (Å²) in [5.74, 6) is 0.922. The molecule has 2 aromatic heterocycles. The van der Waals surface area contributed by atoms with E-state index in [1.165, 1.54) is 12.5 Å². The second kappa shape index (κ2) is 9.19. The molecule has 3 heterocycles. The van der Waals surface area contributed by atoms with Gasteiger partial charge < -0.3 is 14.7 Å². The maximum absolute atomic E-state index is 13.7. The second-order valence-electron chi connectivity index (χ2n) is 7.54. The molecular formula is C22H26FN5O2. The smallest absolute Gasteiger partial charge is 0.263 e. The Balaban J connectivity index is 1.47. The minimum atomic E-state index is -0.324. The van der Waals surface area contributed by atoms with Crippen LogP contribution in [0, 0.1) is 5.82 Å². The molecule has 1 aliphatic heterocycles. The number of piperidine rings is 1. The summed E-state index contributed by atoms with van der Waals surface area (Å²) >= 11 is 0. The van der Waals surface area contributed by atoms with Crippen LogP contribution in [0.1, 0.15) is 49.7 Å². The largest absolute Gasteiger partial charge is 0.356 e. The van der Waals surface area contributed by atoms with Crippen molar-refractivity contribution in [3.63, 3.8) is 0 Å². The van der Waals surface area contributed by atoms with Gasteiger partial charge in [0, 0.05) is 38.0 Å². The number of rotatable bonds is 7. The molecule has 0 saturated carbocycles. The third kappa shape index (κ3) is 4.42. The van der Waals surface area contributed by atoms with Crippen LogP contribution in [0.4, 0.5) is 10.2 Å². The first-order valence-electron chi connectivity index (χ1n) is 10.6. The molecule has 7 nitrogen and oxygen atoms in total. The van der Waals surface area contributed by atoms with Crippen molar-refractivity contribution in [3.05, 3.63) is 47.2 Å². The fourth-order valence-corrected chi connectivity index (χ4v) is 3.77. The van der Waals surface area contributed by atoms with Gasteiger partial charge in [0.05, 0.1) is 5.69 Å². The highest BCUT2D eigenvalue weighted by atomic mass is 19.1. The number of hydrogen-bond acceptors (Lipinski definition) is 6. The number of amides is 1. The molecule has 0 radical (unpaired) electrons. The molecule has 0 aliphatic carbocycles. The maximum Gasteiger partial charge on any atom is 0.263 e. The van der Waals surface area contributed by atoms with E-state index in [9.17, 15) is 9.18 Å². The molecule has 0 unspecified atom stereocenters. The van der Waals surface area contributed by atoms with Gasteiger partial charge in [-0.05, 0) is 31.7 Å². The number of nitrogens with zero attached hydrogens (tertiary/aromatic N) is 4. The molecule has 8 heteroatoms. The molecule has 0 atom stereocenters. The van der Waals surface area contributed by atoms with E-state index in [4.69, 9.17) is 9.51 Å². The molecular weight excluding hydrogens is 385 g/mol. The van der Waals surface area contributed by atoms with Gasteiger partial charge >= 0.3 is 0 Å². The van der Waals surface area contributed by atoms with Crippen molar-refractivity contribution in [1.82, 2.24) is 20.4 Å². The van der Waals surface area contributed by atoms with Gasteiger partial charge in [0.1, 0.15) is 22.8 Å². The minimum Gasteiger partial charge on any atom is -0.356 e. The average molecular weight is 411 g/mol. The number of halogens is 1. The highest BCUT2D eigenvalue weighted by molar-refractivity contribution is 5.88. The average Bonchev–Trinajstić information content (AvgIpc) is 3.20. The van der Waals surface area contributed by atoms with Crippen LogP contribution in [0.5, 0.6) is 0 Å². The van der Waals surface area contributed by atoms with Crippen molar-refractivity contribution in [2.45, 2.75) is 52.0 Å². The SMILES string of the molecule is CCc1noc2nc(CCC(=O)NCc3ccccc3F)nc(N3CCCCC3)c12. The molecule has 1 aliphatic rings. The normalized spacial score (nSPS) is 14.3. The predicted octanol–water partition coefficient (Wildman–Crippen LogP) is 3.56. The van der Waals surface area contributed by atoms with Gasteiger partial charge in [0.15, 0.2) is 0 Å². The number of carbonyl (C=O) groups is 1. The van der Waals surface area contributed by atoms with Crippen LogP contribution in [0.3, 0.4) is 0 Å². The lowest BCUT2D eigenvalue weighted by molar-refractivity contribution is -0.121. The number of aromatic nitrogens is 3. The van der Waals surface area contributed by atoms with Crippen LogP contribution in [0.2, 0.25) is 0 Å². The maximum atomic E-state index is 13.7. The van der Waals surface area contributed by atoms with E-state index in [0.717, 1.165) is 49.2 Å². The van der Waals surface area contributed by atoms with Gasteiger partial charge in [-0.15, -0.1) is 0 Å². The van der Waals surface area contributed by atoms with Crippen molar-refractivity contribution < 1.29 is 13.7 Å². The molecule has 1 N–H and O–H groups in total. The summed E-state index contributed by atoms with van der Waals surface area (Å²) in [6.45, 7) is 4.09. The van der Waals surface area contributed by atoms with E-state index < -0.39 is 0 Å². The van der Waals surface area contributed by atoms with Gasteiger partial charge in [0.2, 0.25) is 5.91 Å². The van der Waals surface area contributed by atoms with E-state index in [-0.39, 0.29) is 24.7 Å².